The van der Waals surface area contributed by atoms with Crippen molar-refractivity contribution in [2.24, 2.45) is 5.73 Å². The normalized spacial score (nSPS) is 13.5. The second-order valence-electron chi connectivity index (χ2n) is 8.73. The van der Waals surface area contributed by atoms with Gasteiger partial charge in [-0.1, -0.05) is 65.3 Å². The van der Waals surface area contributed by atoms with Gasteiger partial charge in [-0.2, -0.15) is 0 Å². The molecule has 0 fully saturated rings. The fraction of sp³-hybridized carbons (Fsp3) is 0.214. The van der Waals surface area contributed by atoms with Crippen LogP contribution in [0.15, 0.2) is 77.4 Å². The topological polar surface area (TPSA) is 113 Å². The maximum Gasteiger partial charge on any atom is 0.242 e. The minimum absolute atomic E-state index is 0.111. The van der Waals surface area contributed by atoms with Gasteiger partial charge in [-0.25, -0.2) is 13.8 Å². The third-order valence-corrected chi connectivity index (χ3v) is 6.63. The van der Waals surface area contributed by atoms with Gasteiger partial charge in [0.2, 0.25) is 5.91 Å². The summed E-state index contributed by atoms with van der Waals surface area (Å²) >= 11 is 3.09. The van der Waals surface area contributed by atoms with E-state index in [-0.39, 0.29) is 34.9 Å². The molecule has 1 heterocycles. The summed E-state index contributed by atoms with van der Waals surface area (Å²) in [5, 5.41) is 11.9. The summed E-state index contributed by atoms with van der Waals surface area (Å²) in [6.07, 6.45) is 1.34. The molecule has 3 atom stereocenters. The molecule has 0 aliphatic heterocycles. The molecule has 10 heteroatoms. The van der Waals surface area contributed by atoms with Crippen LogP contribution in [-0.2, 0) is 4.79 Å². The van der Waals surface area contributed by atoms with Crippen LogP contribution >= 0.6 is 15.9 Å². The van der Waals surface area contributed by atoms with E-state index < -0.39 is 29.6 Å². The second-order valence-corrected chi connectivity index (χ2v) is 9.65. The number of hydrogen-bond acceptors (Lipinski definition) is 5. The van der Waals surface area contributed by atoms with Crippen molar-refractivity contribution in [1.29, 1.82) is 0 Å². The molecule has 4 aromatic rings. The Labute approximate surface area is 227 Å². The number of amides is 1. The van der Waals surface area contributed by atoms with Crippen molar-refractivity contribution in [3.63, 3.8) is 0 Å². The highest BCUT2D eigenvalue weighted by atomic mass is 79.9. The van der Waals surface area contributed by atoms with Crippen molar-refractivity contribution in [1.82, 2.24) is 15.3 Å². The number of aromatic amines is 1. The number of rotatable bonds is 10. The number of carbonyl (C=O) groups is 1. The van der Waals surface area contributed by atoms with E-state index in [4.69, 9.17) is 15.6 Å². The Balaban J connectivity index is 1.62. The van der Waals surface area contributed by atoms with Gasteiger partial charge in [-0.15, -0.1) is 0 Å². The third-order valence-electron chi connectivity index (χ3n) is 6.17. The molecule has 0 radical (unpaired) electrons. The third kappa shape index (κ3) is 6.27. The number of halogens is 3. The molecule has 3 aromatic carbocycles. The van der Waals surface area contributed by atoms with E-state index in [0.29, 0.717) is 17.1 Å². The number of imidazole rings is 1. The summed E-state index contributed by atoms with van der Waals surface area (Å²) in [5.41, 5.74) is 7.66. The number of nitrogens with one attached hydrogen (secondary N) is 2. The Morgan fingerprint density at radius 2 is 1.76 bits per heavy atom. The van der Waals surface area contributed by atoms with Gasteiger partial charge in [0.15, 0.2) is 0 Å². The first kappa shape index (κ1) is 27.4. The van der Waals surface area contributed by atoms with E-state index in [1.54, 1.807) is 24.3 Å². The number of hydrogen-bond donors (Lipinski definition) is 4. The van der Waals surface area contributed by atoms with Gasteiger partial charge in [0.25, 0.3) is 0 Å². The van der Waals surface area contributed by atoms with Crippen molar-refractivity contribution < 1.29 is 23.4 Å². The lowest BCUT2D eigenvalue weighted by Crippen LogP contribution is -2.39. The molecular formula is C28H27BrF2N4O3. The second kappa shape index (κ2) is 12.3. The van der Waals surface area contributed by atoms with E-state index in [2.05, 4.69) is 31.2 Å². The van der Waals surface area contributed by atoms with Crippen LogP contribution in [0.2, 0.25) is 0 Å². The van der Waals surface area contributed by atoms with Gasteiger partial charge in [-0.05, 0) is 35.4 Å². The van der Waals surface area contributed by atoms with Gasteiger partial charge in [0.05, 0.1) is 30.1 Å². The number of nitrogens with zero attached hydrogens (tertiary/aromatic N) is 1. The van der Waals surface area contributed by atoms with Crippen LogP contribution in [0.5, 0.6) is 5.75 Å². The average molecular weight is 585 g/mol. The van der Waals surface area contributed by atoms with E-state index in [0.717, 1.165) is 5.56 Å². The number of aliphatic hydroxyl groups excluding tert-OH is 1. The van der Waals surface area contributed by atoms with Crippen LogP contribution in [0.25, 0.3) is 11.3 Å². The molecule has 0 unspecified atom stereocenters. The standard InChI is InChI=1S/C28H27BrF2N4O3/c1-16(17-5-3-2-4-6-17)26(27-33-15-23(34-27)24-21(30)13-19(29)14-22(24)31)35-28(37)25(32)18-7-9-20(10-8-18)38-12-11-36/h2-10,13-16,25-26,36H,11-12,32H2,1H3,(H,33,34)(H,35,37)/t16-,25-,26+/m1/s1. The SMILES string of the molecule is C[C@H](c1ccccc1)[C@H](NC(=O)[C@H](N)c1ccc(OCCO)cc1)c1ncc(-c2c(F)cc(Br)cc2F)[nH]1. The molecule has 0 saturated carbocycles. The zero-order valence-corrected chi connectivity index (χ0v) is 22.1. The van der Waals surface area contributed by atoms with Gasteiger partial charge < -0.3 is 25.9 Å². The number of aromatic nitrogens is 2. The van der Waals surface area contributed by atoms with Crippen molar-refractivity contribution in [3.05, 3.63) is 106 Å². The molecule has 7 nitrogen and oxygen atoms in total. The monoisotopic (exact) mass is 584 g/mol. The Hall–Kier alpha value is -3.60. The fourth-order valence-electron chi connectivity index (χ4n) is 4.13. The van der Waals surface area contributed by atoms with Crippen LogP contribution in [0.3, 0.4) is 0 Å². The summed E-state index contributed by atoms with van der Waals surface area (Å²) in [6, 6.07) is 16.9. The van der Waals surface area contributed by atoms with Crippen molar-refractivity contribution >= 4 is 21.8 Å². The molecule has 4 rings (SSSR count). The predicted molar refractivity (Wildman–Crippen MR) is 143 cm³/mol. The number of ether oxygens (including phenoxy) is 1. The number of benzene rings is 3. The largest absolute Gasteiger partial charge is 0.491 e. The van der Waals surface area contributed by atoms with Crippen LogP contribution in [0, 0.1) is 11.6 Å². The number of carbonyl (C=O) groups excluding carboxylic acids is 1. The first-order valence-electron chi connectivity index (χ1n) is 11.9. The van der Waals surface area contributed by atoms with Crippen LogP contribution < -0.4 is 15.8 Å². The van der Waals surface area contributed by atoms with Gasteiger partial charge >= 0.3 is 0 Å². The maximum absolute atomic E-state index is 14.6. The molecule has 0 bridgehead atoms. The lowest BCUT2D eigenvalue weighted by atomic mass is 9.92. The summed E-state index contributed by atoms with van der Waals surface area (Å²) < 4.78 is 34.8. The fourth-order valence-corrected chi connectivity index (χ4v) is 4.53. The maximum atomic E-state index is 14.6. The van der Waals surface area contributed by atoms with Gasteiger partial charge in [-0.3, -0.25) is 4.79 Å². The highest BCUT2D eigenvalue weighted by Gasteiger charge is 2.29. The van der Waals surface area contributed by atoms with Crippen molar-refractivity contribution in [2.45, 2.75) is 24.9 Å². The predicted octanol–water partition coefficient (Wildman–Crippen LogP) is 5.15. The zero-order valence-electron chi connectivity index (χ0n) is 20.5. The van der Waals surface area contributed by atoms with Crippen LogP contribution in [-0.4, -0.2) is 34.2 Å². The highest BCUT2D eigenvalue weighted by Crippen LogP contribution is 2.33. The average Bonchev–Trinajstić information content (AvgIpc) is 3.39. The Morgan fingerprint density at radius 3 is 2.39 bits per heavy atom. The summed E-state index contributed by atoms with van der Waals surface area (Å²) in [4.78, 5) is 20.6. The van der Waals surface area contributed by atoms with E-state index >= 15 is 0 Å². The Bertz CT molecular complexity index is 1360. The smallest absolute Gasteiger partial charge is 0.242 e. The molecule has 0 aliphatic rings. The van der Waals surface area contributed by atoms with Crippen molar-refractivity contribution in [3.8, 4) is 17.0 Å². The number of aliphatic hydroxyl groups is 1. The minimum atomic E-state index is -0.997. The first-order valence-corrected chi connectivity index (χ1v) is 12.7. The lowest BCUT2D eigenvalue weighted by Gasteiger charge is -2.25. The van der Waals surface area contributed by atoms with E-state index in [1.807, 2.05) is 37.3 Å². The molecule has 198 valence electrons. The minimum Gasteiger partial charge on any atom is -0.491 e. The van der Waals surface area contributed by atoms with E-state index in [1.165, 1.54) is 18.3 Å². The quantitative estimate of drug-likeness (QED) is 0.206. The van der Waals surface area contributed by atoms with Gasteiger partial charge in [0.1, 0.15) is 35.9 Å². The highest BCUT2D eigenvalue weighted by molar-refractivity contribution is 9.10. The molecule has 38 heavy (non-hydrogen) atoms. The molecule has 0 saturated heterocycles. The van der Waals surface area contributed by atoms with Crippen molar-refractivity contribution in [2.75, 3.05) is 13.2 Å². The molecular weight excluding hydrogens is 558 g/mol. The Kier molecular flexibility index (Phi) is 8.88. The summed E-state index contributed by atoms with van der Waals surface area (Å²) in [6.45, 7) is 1.96. The molecule has 0 aliphatic carbocycles. The molecule has 5 N–H and O–H groups in total. The summed E-state index contributed by atoms with van der Waals surface area (Å²) in [5.74, 6) is -1.36. The molecule has 1 aromatic heterocycles. The molecule has 1 amide bonds. The lowest BCUT2D eigenvalue weighted by molar-refractivity contribution is -0.123. The zero-order chi connectivity index (χ0) is 27.2. The summed E-state index contributed by atoms with van der Waals surface area (Å²) in [7, 11) is 0. The van der Waals surface area contributed by atoms with Crippen LogP contribution in [0.4, 0.5) is 8.78 Å². The first-order chi connectivity index (χ1) is 18.3. The van der Waals surface area contributed by atoms with Gasteiger partial charge in [0, 0.05) is 10.4 Å². The van der Waals surface area contributed by atoms with Crippen LogP contribution in [0.1, 0.15) is 41.9 Å². The number of nitrogens with two attached hydrogens (primary N) is 1. The van der Waals surface area contributed by atoms with E-state index in [9.17, 15) is 13.6 Å². The molecule has 0 spiro atoms. The Morgan fingerprint density at radius 1 is 1.11 bits per heavy atom. The number of H-pyrrole nitrogens is 1.